The highest BCUT2D eigenvalue weighted by Gasteiger charge is 2.50. The Kier molecular flexibility index (Phi) is 7.06. The van der Waals surface area contributed by atoms with Gasteiger partial charge in [0.15, 0.2) is 5.96 Å². The highest BCUT2D eigenvalue weighted by Crippen LogP contribution is 2.30. The van der Waals surface area contributed by atoms with Crippen LogP contribution in [0.3, 0.4) is 0 Å². The number of halogens is 3. The van der Waals surface area contributed by atoms with Crippen molar-refractivity contribution < 1.29 is 26.3 Å². The van der Waals surface area contributed by atoms with Crippen molar-refractivity contribution >= 4 is 16.0 Å². The molecule has 2 aliphatic rings. The van der Waals surface area contributed by atoms with Crippen molar-refractivity contribution in [2.75, 3.05) is 26.7 Å². The number of aliphatic imine (C=N–C) groups is 1. The van der Waals surface area contributed by atoms with Gasteiger partial charge in [-0.3, -0.25) is 4.99 Å². The van der Waals surface area contributed by atoms with Crippen LogP contribution in [0.5, 0.6) is 5.88 Å². The Morgan fingerprint density at radius 2 is 2.00 bits per heavy atom. The number of guanidine groups is 1. The summed E-state index contributed by atoms with van der Waals surface area (Å²) in [5, 5.41) is 6.29. The SMILES string of the molecule is CN=C(NCc1ccnc(OCC2CC2)c1)NC1CCN(S(=O)(=O)C(F)(F)F)CC1. The summed E-state index contributed by atoms with van der Waals surface area (Å²) in [4.78, 5) is 8.32. The van der Waals surface area contributed by atoms with Gasteiger partial charge in [-0.25, -0.2) is 13.4 Å². The molecule has 1 aromatic heterocycles. The Morgan fingerprint density at radius 1 is 1.30 bits per heavy atom. The number of piperidine rings is 1. The molecule has 0 atom stereocenters. The van der Waals surface area contributed by atoms with E-state index in [1.54, 1.807) is 13.2 Å². The number of aromatic nitrogens is 1. The average molecular weight is 449 g/mol. The maximum absolute atomic E-state index is 12.7. The first-order valence-electron chi connectivity index (χ1n) is 9.80. The van der Waals surface area contributed by atoms with Crippen molar-refractivity contribution in [3.05, 3.63) is 23.9 Å². The fourth-order valence-electron chi connectivity index (χ4n) is 3.09. The summed E-state index contributed by atoms with van der Waals surface area (Å²) in [5.41, 5.74) is -4.32. The molecule has 0 spiro atoms. The van der Waals surface area contributed by atoms with Crippen molar-refractivity contribution in [3.8, 4) is 5.88 Å². The molecule has 2 fully saturated rings. The molecular formula is C18H26F3N5O3S. The second-order valence-electron chi connectivity index (χ2n) is 7.45. The van der Waals surface area contributed by atoms with E-state index in [4.69, 9.17) is 4.74 Å². The third-order valence-corrected chi connectivity index (χ3v) is 6.70. The topological polar surface area (TPSA) is 95.9 Å². The molecule has 1 aromatic rings. The van der Waals surface area contributed by atoms with E-state index in [1.165, 1.54) is 12.8 Å². The number of pyridine rings is 1. The molecule has 2 heterocycles. The number of rotatable bonds is 7. The number of nitrogens with one attached hydrogen (secondary N) is 2. The fourth-order valence-corrected chi connectivity index (χ4v) is 4.07. The van der Waals surface area contributed by atoms with E-state index in [0.29, 0.717) is 35.2 Å². The van der Waals surface area contributed by atoms with Gasteiger partial charge in [0.2, 0.25) is 5.88 Å². The Morgan fingerprint density at radius 3 is 2.60 bits per heavy atom. The average Bonchev–Trinajstić information content (AvgIpc) is 3.54. The number of alkyl halides is 3. The number of ether oxygens (including phenoxy) is 1. The van der Waals surface area contributed by atoms with E-state index in [2.05, 4.69) is 20.6 Å². The van der Waals surface area contributed by atoms with Crippen molar-refractivity contribution in [2.24, 2.45) is 10.9 Å². The monoisotopic (exact) mass is 449 g/mol. The molecule has 0 radical (unpaired) electrons. The van der Waals surface area contributed by atoms with Crippen LogP contribution in [0.4, 0.5) is 13.2 Å². The van der Waals surface area contributed by atoms with Gasteiger partial charge in [-0.15, -0.1) is 0 Å². The minimum Gasteiger partial charge on any atom is -0.477 e. The molecule has 8 nitrogen and oxygen atoms in total. The van der Waals surface area contributed by atoms with Crippen molar-refractivity contribution in [2.45, 2.75) is 43.8 Å². The van der Waals surface area contributed by atoms with Crippen molar-refractivity contribution in [3.63, 3.8) is 0 Å². The molecule has 0 unspecified atom stereocenters. The summed E-state index contributed by atoms with van der Waals surface area (Å²) < 4.78 is 67.2. The highest BCUT2D eigenvalue weighted by atomic mass is 32.2. The smallest absolute Gasteiger partial charge is 0.477 e. The molecule has 0 amide bonds. The number of sulfonamides is 1. The van der Waals surface area contributed by atoms with Crippen LogP contribution in [-0.2, 0) is 16.6 Å². The minimum absolute atomic E-state index is 0.175. The van der Waals surface area contributed by atoms with Crippen molar-refractivity contribution in [1.29, 1.82) is 0 Å². The standard InChI is InChI=1S/C18H26F3N5O3S/c1-22-17(24-11-14-4-7-23-16(10-14)29-12-13-2-3-13)25-15-5-8-26(9-6-15)30(27,28)18(19,20)21/h4,7,10,13,15H,2-3,5-6,8-9,11-12H2,1H3,(H2,22,24,25). The second-order valence-corrected chi connectivity index (χ2v) is 9.38. The first-order valence-corrected chi connectivity index (χ1v) is 11.2. The Balaban J connectivity index is 1.46. The van der Waals surface area contributed by atoms with Gasteiger partial charge >= 0.3 is 15.5 Å². The van der Waals surface area contributed by atoms with E-state index in [1.807, 2.05) is 12.1 Å². The molecule has 1 aliphatic heterocycles. The van der Waals surface area contributed by atoms with Crippen molar-refractivity contribution in [1.82, 2.24) is 19.9 Å². The summed E-state index contributed by atoms with van der Waals surface area (Å²) in [7, 11) is -3.68. The van der Waals surface area contributed by atoms with E-state index in [0.717, 1.165) is 5.56 Å². The minimum atomic E-state index is -5.27. The Bertz CT molecular complexity index is 851. The van der Waals surface area contributed by atoms with Crippen LogP contribution in [0.25, 0.3) is 0 Å². The van der Waals surface area contributed by atoms with Crippen LogP contribution in [0.2, 0.25) is 0 Å². The van der Waals surface area contributed by atoms with Gasteiger partial charge in [-0.1, -0.05) is 0 Å². The van der Waals surface area contributed by atoms with Crippen LogP contribution in [0, 0.1) is 5.92 Å². The van der Waals surface area contributed by atoms with E-state index < -0.39 is 15.5 Å². The summed E-state index contributed by atoms with van der Waals surface area (Å²) in [6.45, 7) is 0.754. The number of hydrogen-bond acceptors (Lipinski definition) is 5. The lowest BCUT2D eigenvalue weighted by Gasteiger charge is -2.32. The van der Waals surface area contributed by atoms with Gasteiger partial charge in [0.25, 0.3) is 0 Å². The summed E-state index contributed by atoms with van der Waals surface area (Å²) >= 11 is 0. The predicted molar refractivity (Wildman–Crippen MR) is 105 cm³/mol. The predicted octanol–water partition coefficient (Wildman–Crippen LogP) is 1.85. The quantitative estimate of drug-likeness (QED) is 0.487. The molecule has 30 heavy (non-hydrogen) atoms. The lowest BCUT2D eigenvalue weighted by atomic mass is 10.1. The normalized spacial score (nSPS) is 19.5. The first kappa shape index (κ1) is 22.6. The molecule has 168 valence electrons. The largest absolute Gasteiger partial charge is 0.511 e. The van der Waals surface area contributed by atoms with E-state index >= 15 is 0 Å². The second kappa shape index (κ2) is 9.38. The Hall–Kier alpha value is -2.08. The summed E-state index contributed by atoms with van der Waals surface area (Å²) in [6.07, 6.45) is 4.58. The third kappa shape index (κ3) is 5.97. The number of hydrogen-bond donors (Lipinski definition) is 2. The van der Waals surface area contributed by atoms with E-state index in [-0.39, 0.29) is 32.0 Å². The molecule has 1 aliphatic carbocycles. The van der Waals surface area contributed by atoms with Crippen LogP contribution in [0.1, 0.15) is 31.2 Å². The molecule has 12 heteroatoms. The zero-order valence-electron chi connectivity index (χ0n) is 16.7. The lowest BCUT2D eigenvalue weighted by molar-refractivity contribution is -0.0494. The molecule has 2 N–H and O–H groups in total. The van der Waals surface area contributed by atoms with Gasteiger partial charge in [-0.05, 0) is 43.2 Å². The summed E-state index contributed by atoms with van der Waals surface area (Å²) in [5.74, 6) is 1.70. The fraction of sp³-hybridized carbons (Fsp3) is 0.667. The number of nitrogens with zero attached hydrogens (tertiary/aromatic N) is 3. The maximum Gasteiger partial charge on any atom is 0.511 e. The Labute approximate surface area is 174 Å². The molecule has 0 aromatic carbocycles. The van der Waals surface area contributed by atoms with Gasteiger partial charge < -0.3 is 15.4 Å². The van der Waals surface area contributed by atoms with Gasteiger partial charge in [0.05, 0.1) is 6.61 Å². The maximum atomic E-state index is 12.7. The van der Waals surface area contributed by atoms with Gasteiger partial charge in [-0.2, -0.15) is 17.5 Å². The van der Waals surface area contributed by atoms with E-state index in [9.17, 15) is 21.6 Å². The van der Waals surface area contributed by atoms with Crippen LogP contribution in [-0.4, -0.2) is 62.0 Å². The molecule has 3 rings (SSSR count). The third-order valence-electron chi connectivity index (χ3n) is 5.07. The van der Waals surface area contributed by atoms with Crippen LogP contribution in [0.15, 0.2) is 23.3 Å². The summed E-state index contributed by atoms with van der Waals surface area (Å²) in [6, 6.07) is 3.53. The molecule has 1 saturated heterocycles. The van der Waals surface area contributed by atoms with Gasteiger partial charge in [0, 0.05) is 45.0 Å². The first-order chi connectivity index (χ1) is 14.2. The zero-order valence-corrected chi connectivity index (χ0v) is 17.5. The zero-order chi connectivity index (χ0) is 21.8. The van der Waals surface area contributed by atoms with Gasteiger partial charge in [0.1, 0.15) is 0 Å². The molecule has 1 saturated carbocycles. The highest BCUT2D eigenvalue weighted by molar-refractivity contribution is 7.90. The van der Waals surface area contributed by atoms with Crippen LogP contribution >= 0.6 is 0 Å². The van der Waals surface area contributed by atoms with Crippen LogP contribution < -0.4 is 15.4 Å². The lowest BCUT2D eigenvalue weighted by Crippen LogP contribution is -2.51. The molecule has 0 bridgehead atoms. The molecular weight excluding hydrogens is 423 g/mol.